The average molecular weight is 419 g/mol. The molecule has 3 rings (SSSR count). The molecule has 5 nitrogen and oxygen atoms in total. The van der Waals surface area contributed by atoms with Gasteiger partial charge in [-0.3, -0.25) is 14.4 Å². The molecule has 0 radical (unpaired) electrons. The van der Waals surface area contributed by atoms with Crippen molar-refractivity contribution in [2.45, 2.75) is 60.3 Å². The van der Waals surface area contributed by atoms with Crippen LogP contribution in [0, 0.1) is 13.8 Å². The van der Waals surface area contributed by atoms with Crippen LogP contribution in [0.25, 0.3) is 0 Å². The van der Waals surface area contributed by atoms with Crippen molar-refractivity contribution in [2.24, 2.45) is 0 Å². The Hall–Kier alpha value is -2.92. The van der Waals surface area contributed by atoms with E-state index in [1.807, 2.05) is 54.1 Å². The third-order valence-corrected chi connectivity index (χ3v) is 5.87. The molecular weight excluding hydrogens is 384 g/mol. The summed E-state index contributed by atoms with van der Waals surface area (Å²) in [6.45, 7) is 13.8. The van der Waals surface area contributed by atoms with Crippen molar-refractivity contribution in [2.75, 3.05) is 6.54 Å². The number of hydrogen-bond acceptors (Lipinski definition) is 3. The first-order valence-corrected chi connectivity index (χ1v) is 11.1. The van der Waals surface area contributed by atoms with Crippen LogP contribution in [-0.4, -0.2) is 33.2 Å². The van der Waals surface area contributed by atoms with Crippen LogP contribution < -0.4 is 5.32 Å². The summed E-state index contributed by atoms with van der Waals surface area (Å²) in [5, 5.41) is 7.74. The Morgan fingerprint density at radius 3 is 2.32 bits per heavy atom. The molecule has 0 unspecified atom stereocenters. The van der Waals surface area contributed by atoms with Crippen molar-refractivity contribution < 1.29 is 4.79 Å². The monoisotopic (exact) mass is 418 g/mol. The zero-order valence-corrected chi connectivity index (χ0v) is 19.4. The third kappa shape index (κ3) is 5.82. The van der Waals surface area contributed by atoms with Gasteiger partial charge in [-0.15, -0.1) is 0 Å². The first kappa shape index (κ1) is 22.8. The van der Waals surface area contributed by atoms with Crippen molar-refractivity contribution >= 4 is 5.91 Å². The largest absolute Gasteiger partial charge is 0.348 e. The van der Waals surface area contributed by atoms with Gasteiger partial charge in [0.05, 0.1) is 12.2 Å². The summed E-state index contributed by atoms with van der Waals surface area (Å²) in [6, 6.07) is 18.7. The predicted molar refractivity (Wildman–Crippen MR) is 126 cm³/mol. The van der Waals surface area contributed by atoms with Gasteiger partial charge in [0.1, 0.15) is 0 Å². The van der Waals surface area contributed by atoms with E-state index in [-0.39, 0.29) is 5.91 Å². The summed E-state index contributed by atoms with van der Waals surface area (Å²) < 4.78 is 2.01. The van der Waals surface area contributed by atoms with E-state index in [0.29, 0.717) is 18.2 Å². The summed E-state index contributed by atoms with van der Waals surface area (Å²) in [7, 11) is 0. The number of amides is 1. The fourth-order valence-corrected chi connectivity index (χ4v) is 3.83. The Balaban J connectivity index is 1.62. The molecule has 3 aromatic rings. The van der Waals surface area contributed by atoms with Gasteiger partial charge in [0.2, 0.25) is 0 Å². The molecular formula is C26H34N4O. The maximum absolute atomic E-state index is 12.7. The molecule has 0 aliphatic rings. The zero-order chi connectivity index (χ0) is 22.4. The molecule has 0 atom stereocenters. The standard InChI is InChI=1S/C26H34N4O/c1-6-29(19(2)3)17-23-12-14-24(15-13-23)26(31)27-16-25-20(4)28-30(21(25)5)18-22-10-8-7-9-11-22/h7-15,19H,6,16-18H2,1-5H3,(H,27,31). The lowest BCUT2D eigenvalue weighted by Crippen LogP contribution is -2.30. The summed E-state index contributed by atoms with van der Waals surface area (Å²) in [6.07, 6.45) is 0. The molecule has 1 amide bonds. The highest BCUT2D eigenvalue weighted by Crippen LogP contribution is 2.15. The number of aryl methyl sites for hydroxylation is 1. The normalized spacial score (nSPS) is 11.3. The summed E-state index contributed by atoms with van der Waals surface area (Å²) in [5.41, 5.74) is 6.24. The Morgan fingerprint density at radius 1 is 1.03 bits per heavy atom. The van der Waals surface area contributed by atoms with Crippen molar-refractivity contribution in [1.29, 1.82) is 0 Å². The second-order valence-corrected chi connectivity index (χ2v) is 8.33. The predicted octanol–water partition coefficient (Wildman–Crippen LogP) is 4.71. The van der Waals surface area contributed by atoms with Crippen LogP contribution in [0.3, 0.4) is 0 Å². The molecule has 0 saturated heterocycles. The van der Waals surface area contributed by atoms with Crippen molar-refractivity contribution in [3.05, 3.63) is 88.2 Å². The molecule has 1 heterocycles. The lowest BCUT2D eigenvalue weighted by molar-refractivity contribution is 0.0951. The summed E-state index contributed by atoms with van der Waals surface area (Å²) in [4.78, 5) is 15.1. The number of benzene rings is 2. The van der Waals surface area contributed by atoms with E-state index in [2.05, 4.69) is 55.1 Å². The van der Waals surface area contributed by atoms with E-state index in [1.165, 1.54) is 11.1 Å². The van der Waals surface area contributed by atoms with Gasteiger partial charge < -0.3 is 5.32 Å². The van der Waals surface area contributed by atoms with Gasteiger partial charge in [0.15, 0.2) is 0 Å². The number of carbonyl (C=O) groups excluding carboxylic acids is 1. The van der Waals surface area contributed by atoms with Crippen LogP contribution >= 0.6 is 0 Å². The van der Waals surface area contributed by atoms with E-state index < -0.39 is 0 Å². The lowest BCUT2D eigenvalue weighted by atomic mass is 10.1. The highest BCUT2D eigenvalue weighted by Gasteiger charge is 2.14. The van der Waals surface area contributed by atoms with Gasteiger partial charge >= 0.3 is 0 Å². The number of rotatable bonds is 9. The number of nitrogens with zero attached hydrogens (tertiary/aromatic N) is 3. The zero-order valence-electron chi connectivity index (χ0n) is 19.4. The molecule has 0 saturated carbocycles. The maximum atomic E-state index is 12.7. The fourth-order valence-electron chi connectivity index (χ4n) is 3.83. The van der Waals surface area contributed by atoms with Crippen LogP contribution in [0.2, 0.25) is 0 Å². The SMILES string of the molecule is CCN(Cc1ccc(C(=O)NCc2c(C)nn(Cc3ccccc3)c2C)cc1)C(C)C. The first-order chi connectivity index (χ1) is 14.9. The molecule has 1 aromatic heterocycles. The minimum atomic E-state index is -0.0580. The topological polar surface area (TPSA) is 50.2 Å². The first-order valence-electron chi connectivity index (χ1n) is 11.1. The molecule has 0 fully saturated rings. The van der Waals surface area contributed by atoms with Crippen molar-refractivity contribution in [3.8, 4) is 0 Å². The smallest absolute Gasteiger partial charge is 0.251 e. The maximum Gasteiger partial charge on any atom is 0.251 e. The molecule has 0 aliphatic heterocycles. The van der Waals surface area contributed by atoms with E-state index in [0.717, 1.165) is 36.6 Å². The molecule has 1 N–H and O–H groups in total. The average Bonchev–Trinajstić information content (AvgIpc) is 3.03. The van der Waals surface area contributed by atoms with Crippen LogP contribution in [-0.2, 0) is 19.6 Å². The van der Waals surface area contributed by atoms with Gasteiger partial charge in [-0.25, -0.2) is 0 Å². The van der Waals surface area contributed by atoms with Gasteiger partial charge in [-0.05, 0) is 57.5 Å². The lowest BCUT2D eigenvalue weighted by Gasteiger charge is -2.24. The van der Waals surface area contributed by atoms with Gasteiger partial charge in [-0.2, -0.15) is 5.10 Å². The van der Waals surface area contributed by atoms with Gasteiger partial charge in [-0.1, -0.05) is 49.4 Å². The Labute approximate surface area is 186 Å². The van der Waals surface area contributed by atoms with Crippen LogP contribution in [0.1, 0.15) is 59.2 Å². The Bertz CT molecular complexity index is 990. The molecule has 5 heteroatoms. The van der Waals surface area contributed by atoms with Crippen LogP contribution in [0.5, 0.6) is 0 Å². The quantitative estimate of drug-likeness (QED) is 0.548. The van der Waals surface area contributed by atoms with Crippen LogP contribution in [0.15, 0.2) is 54.6 Å². The molecule has 164 valence electrons. The number of hydrogen-bond donors (Lipinski definition) is 1. The molecule has 2 aromatic carbocycles. The van der Waals surface area contributed by atoms with Crippen molar-refractivity contribution in [1.82, 2.24) is 20.0 Å². The van der Waals surface area contributed by atoms with Gasteiger partial charge in [0, 0.05) is 36.0 Å². The second kappa shape index (κ2) is 10.4. The molecule has 31 heavy (non-hydrogen) atoms. The van der Waals surface area contributed by atoms with Gasteiger partial charge in [0.25, 0.3) is 5.91 Å². The third-order valence-electron chi connectivity index (χ3n) is 5.87. The number of carbonyl (C=O) groups is 1. The van der Waals surface area contributed by atoms with E-state index in [1.54, 1.807) is 0 Å². The Morgan fingerprint density at radius 2 is 1.71 bits per heavy atom. The summed E-state index contributed by atoms with van der Waals surface area (Å²) in [5.74, 6) is -0.0580. The minimum absolute atomic E-state index is 0.0580. The molecule has 0 spiro atoms. The van der Waals surface area contributed by atoms with Crippen LogP contribution in [0.4, 0.5) is 0 Å². The molecule has 0 aliphatic carbocycles. The second-order valence-electron chi connectivity index (χ2n) is 8.33. The van der Waals surface area contributed by atoms with E-state index in [4.69, 9.17) is 0 Å². The highest BCUT2D eigenvalue weighted by atomic mass is 16.1. The van der Waals surface area contributed by atoms with E-state index >= 15 is 0 Å². The highest BCUT2D eigenvalue weighted by molar-refractivity contribution is 5.94. The molecule has 0 bridgehead atoms. The van der Waals surface area contributed by atoms with E-state index in [9.17, 15) is 4.79 Å². The minimum Gasteiger partial charge on any atom is -0.348 e. The number of aromatic nitrogens is 2. The summed E-state index contributed by atoms with van der Waals surface area (Å²) >= 11 is 0. The van der Waals surface area contributed by atoms with Crippen molar-refractivity contribution in [3.63, 3.8) is 0 Å². The Kier molecular flexibility index (Phi) is 7.64. The number of nitrogens with one attached hydrogen (secondary N) is 1. The fraction of sp³-hybridized carbons (Fsp3) is 0.385.